The van der Waals surface area contributed by atoms with E-state index in [4.69, 9.17) is 46.4 Å². The third kappa shape index (κ3) is 2.81. The molecule has 5 heteroatoms. The van der Waals surface area contributed by atoms with E-state index in [1.54, 1.807) is 24.3 Å². The van der Waals surface area contributed by atoms with Gasteiger partial charge in [-0.2, -0.15) is 0 Å². The highest BCUT2D eigenvalue weighted by Crippen LogP contribution is 2.28. The monoisotopic (exact) mass is 318 g/mol. The van der Waals surface area contributed by atoms with Crippen LogP contribution in [0.25, 0.3) is 0 Å². The number of halogens is 4. The van der Waals surface area contributed by atoms with Crippen molar-refractivity contribution in [3.05, 3.63) is 67.6 Å². The average molecular weight is 320 g/mol. The van der Waals surface area contributed by atoms with Crippen molar-refractivity contribution in [2.75, 3.05) is 0 Å². The lowest BCUT2D eigenvalue weighted by atomic mass is 10.0. The van der Waals surface area contributed by atoms with Gasteiger partial charge in [0, 0.05) is 15.6 Å². The number of carbonyl (C=O) groups excluding carboxylic acids is 1. The minimum Gasteiger partial charge on any atom is -0.288 e. The molecule has 2 aromatic rings. The topological polar surface area (TPSA) is 17.1 Å². The van der Waals surface area contributed by atoms with E-state index in [0.29, 0.717) is 25.7 Å². The Morgan fingerprint density at radius 2 is 1.33 bits per heavy atom. The van der Waals surface area contributed by atoms with Crippen molar-refractivity contribution in [2.24, 2.45) is 0 Å². The molecule has 2 rings (SSSR count). The Bertz CT molecular complexity index is 582. The van der Waals surface area contributed by atoms with Crippen molar-refractivity contribution in [2.45, 2.75) is 0 Å². The Morgan fingerprint density at radius 3 is 1.83 bits per heavy atom. The Hall–Kier alpha value is -0.730. The van der Waals surface area contributed by atoms with Crippen LogP contribution in [-0.2, 0) is 0 Å². The molecule has 0 N–H and O–H groups in total. The molecule has 0 spiro atoms. The highest BCUT2D eigenvalue weighted by Gasteiger charge is 2.17. The first kappa shape index (κ1) is 13.7. The number of carbonyl (C=O) groups is 1. The molecule has 0 aliphatic heterocycles. The number of benzene rings is 2. The van der Waals surface area contributed by atoms with Crippen molar-refractivity contribution in [1.29, 1.82) is 0 Å². The van der Waals surface area contributed by atoms with Crippen LogP contribution in [0.3, 0.4) is 0 Å². The molecule has 0 saturated heterocycles. The fraction of sp³-hybridized carbons (Fsp3) is 0. The number of rotatable bonds is 2. The van der Waals surface area contributed by atoms with Gasteiger partial charge in [0.15, 0.2) is 5.78 Å². The quantitative estimate of drug-likeness (QED) is 0.665. The normalized spacial score (nSPS) is 10.4. The van der Waals surface area contributed by atoms with Gasteiger partial charge in [0.2, 0.25) is 0 Å². The van der Waals surface area contributed by atoms with Gasteiger partial charge in [-0.05, 0) is 30.3 Å². The predicted molar refractivity (Wildman–Crippen MR) is 76.4 cm³/mol. The summed E-state index contributed by atoms with van der Waals surface area (Å²) in [7, 11) is 0. The molecule has 0 fully saturated rings. The Kier molecular flexibility index (Phi) is 4.18. The van der Waals surface area contributed by atoms with Gasteiger partial charge in [-0.1, -0.05) is 52.5 Å². The Labute approximate surface area is 124 Å². The Morgan fingerprint density at radius 1 is 0.833 bits per heavy atom. The smallest absolute Gasteiger partial charge is 0.196 e. The van der Waals surface area contributed by atoms with Crippen molar-refractivity contribution in [3.63, 3.8) is 0 Å². The highest BCUT2D eigenvalue weighted by molar-refractivity contribution is 6.41. The van der Waals surface area contributed by atoms with Crippen LogP contribution in [0.4, 0.5) is 0 Å². The van der Waals surface area contributed by atoms with Gasteiger partial charge in [-0.3, -0.25) is 4.79 Å². The van der Waals surface area contributed by atoms with E-state index in [1.165, 1.54) is 12.1 Å². The van der Waals surface area contributed by atoms with Crippen molar-refractivity contribution in [3.8, 4) is 0 Å². The Balaban J connectivity index is 2.55. The van der Waals surface area contributed by atoms with E-state index in [0.717, 1.165) is 0 Å². The van der Waals surface area contributed by atoms with Gasteiger partial charge in [0.25, 0.3) is 0 Å². The molecule has 0 heterocycles. The fourth-order valence-electron chi connectivity index (χ4n) is 1.54. The molecule has 2 aromatic carbocycles. The second-order valence-corrected chi connectivity index (χ2v) is 5.27. The lowest BCUT2D eigenvalue weighted by molar-refractivity contribution is 0.103. The van der Waals surface area contributed by atoms with E-state index in [-0.39, 0.29) is 11.3 Å². The molecular weight excluding hydrogens is 314 g/mol. The minimum atomic E-state index is -0.310. The van der Waals surface area contributed by atoms with Crippen LogP contribution in [0.1, 0.15) is 15.9 Å². The number of ketones is 1. The summed E-state index contributed by atoms with van der Waals surface area (Å²) in [6, 6.07) is 9.48. The zero-order valence-electron chi connectivity index (χ0n) is 8.88. The molecule has 92 valence electrons. The molecule has 18 heavy (non-hydrogen) atoms. The van der Waals surface area contributed by atoms with Gasteiger partial charge in [-0.25, -0.2) is 0 Å². The van der Waals surface area contributed by atoms with Crippen molar-refractivity contribution in [1.82, 2.24) is 0 Å². The lowest BCUT2D eigenvalue weighted by Gasteiger charge is -2.06. The standard InChI is InChI=1S/C13H6Cl4O/c14-8-4-7(5-9(15)6-8)13(18)12-10(16)2-1-3-11(12)17/h1-6H. The highest BCUT2D eigenvalue weighted by atomic mass is 35.5. The summed E-state index contributed by atoms with van der Waals surface area (Å²) in [6.07, 6.45) is 0. The van der Waals surface area contributed by atoms with E-state index in [9.17, 15) is 4.79 Å². The first-order valence-corrected chi connectivity index (χ1v) is 6.45. The molecule has 1 nitrogen and oxygen atoms in total. The molecule has 0 unspecified atom stereocenters. The summed E-state index contributed by atoms with van der Waals surface area (Å²) in [4.78, 5) is 12.3. The van der Waals surface area contributed by atoms with Crippen molar-refractivity contribution >= 4 is 52.2 Å². The largest absolute Gasteiger partial charge is 0.288 e. The number of hydrogen-bond donors (Lipinski definition) is 0. The van der Waals surface area contributed by atoms with Crippen LogP contribution in [0.5, 0.6) is 0 Å². The molecule has 0 bridgehead atoms. The summed E-state index contributed by atoms with van der Waals surface area (Å²) in [5.74, 6) is -0.310. The fourth-order valence-corrected chi connectivity index (χ4v) is 2.64. The predicted octanol–water partition coefficient (Wildman–Crippen LogP) is 5.53. The van der Waals surface area contributed by atoms with Crippen LogP contribution in [-0.4, -0.2) is 5.78 Å². The van der Waals surface area contributed by atoms with Gasteiger partial charge in [0.1, 0.15) is 0 Å². The van der Waals surface area contributed by atoms with E-state index in [1.807, 2.05) is 0 Å². The summed E-state index contributed by atoms with van der Waals surface area (Å²) < 4.78 is 0. The van der Waals surface area contributed by atoms with Gasteiger partial charge in [0.05, 0.1) is 15.6 Å². The SMILES string of the molecule is O=C(c1cc(Cl)cc(Cl)c1)c1c(Cl)cccc1Cl. The van der Waals surface area contributed by atoms with Crippen LogP contribution in [0.2, 0.25) is 20.1 Å². The molecule has 0 aliphatic rings. The second-order valence-electron chi connectivity index (χ2n) is 3.58. The van der Waals surface area contributed by atoms with Crippen LogP contribution >= 0.6 is 46.4 Å². The summed E-state index contributed by atoms with van der Waals surface area (Å²) >= 11 is 23.7. The summed E-state index contributed by atoms with van der Waals surface area (Å²) in [5.41, 5.74) is 0.599. The lowest BCUT2D eigenvalue weighted by Crippen LogP contribution is -2.03. The molecule has 0 radical (unpaired) electrons. The van der Waals surface area contributed by atoms with E-state index >= 15 is 0 Å². The molecule has 0 aliphatic carbocycles. The summed E-state index contributed by atoms with van der Waals surface area (Å²) in [6.45, 7) is 0. The van der Waals surface area contributed by atoms with Gasteiger partial charge in [-0.15, -0.1) is 0 Å². The zero-order valence-corrected chi connectivity index (χ0v) is 11.9. The van der Waals surface area contributed by atoms with Crippen LogP contribution < -0.4 is 0 Å². The van der Waals surface area contributed by atoms with Gasteiger partial charge < -0.3 is 0 Å². The maximum Gasteiger partial charge on any atom is 0.196 e. The van der Waals surface area contributed by atoms with E-state index < -0.39 is 0 Å². The second kappa shape index (κ2) is 5.50. The third-order valence-electron chi connectivity index (χ3n) is 2.31. The zero-order chi connectivity index (χ0) is 13.3. The maximum absolute atomic E-state index is 12.3. The molecule has 0 amide bonds. The third-order valence-corrected chi connectivity index (χ3v) is 3.38. The molecule has 0 aromatic heterocycles. The van der Waals surface area contributed by atoms with Gasteiger partial charge >= 0.3 is 0 Å². The summed E-state index contributed by atoms with van der Waals surface area (Å²) in [5, 5.41) is 1.36. The maximum atomic E-state index is 12.3. The van der Waals surface area contributed by atoms with Crippen LogP contribution in [0, 0.1) is 0 Å². The van der Waals surface area contributed by atoms with Crippen molar-refractivity contribution < 1.29 is 4.79 Å². The number of hydrogen-bond acceptors (Lipinski definition) is 1. The molecule has 0 atom stereocenters. The minimum absolute atomic E-state index is 0.249. The van der Waals surface area contributed by atoms with Crippen LogP contribution in [0.15, 0.2) is 36.4 Å². The van der Waals surface area contributed by atoms with E-state index in [2.05, 4.69) is 0 Å². The molecule has 0 saturated carbocycles. The first-order valence-electron chi connectivity index (χ1n) is 4.94. The first-order chi connectivity index (χ1) is 8.49. The average Bonchev–Trinajstić information content (AvgIpc) is 2.27. The molecular formula is C13H6Cl4O.